The van der Waals surface area contributed by atoms with Gasteiger partial charge in [-0.1, -0.05) is 18.2 Å². The quantitative estimate of drug-likeness (QED) is 0.518. The first-order chi connectivity index (χ1) is 12.7. The molecule has 6 nitrogen and oxygen atoms in total. The highest BCUT2D eigenvalue weighted by atomic mass is 16.6. The van der Waals surface area contributed by atoms with Crippen molar-refractivity contribution in [2.24, 2.45) is 0 Å². The summed E-state index contributed by atoms with van der Waals surface area (Å²) in [5, 5.41) is 2.68. The number of anilines is 1. The van der Waals surface area contributed by atoms with E-state index >= 15 is 0 Å². The molecule has 1 N–H and O–H groups in total. The molecule has 3 aromatic rings. The van der Waals surface area contributed by atoms with Crippen molar-refractivity contribution >= 4 is 17.6 Å². The van der Waals surface area contributed by atoms with Gasteiger partial charge in [0.25, 0.3) is 5.91 Å². The molecule has 0 saturated heterocycles. The molecule has 0 spiro atoms. The van der Waals surface area contributed by atoms with E-state index < -0.39 is 5.97 Å². The van der Waals surface area contributed by atoms with Gasteiger partial charge in [-0.15, -0.1) is 0 Å². The van der Waals surface area contributed by atoms with Gasteiger partial charge < -0.3 is 19.2 Å². The van der Waals surface area contributed by atoms with E-state index in [4.69, 9.17) is 13.9 Å². The Morgan fingerprint density at radius 3 is 2.35 bits per heavy atom. The lowest BCUT2D eigenvalue weighted by molar-refractivity contribution is 0.0450. The Kier molecular flexibility index (Phi) is 5.67. The van der Waals surface area contributed by atoms with Gasteiger partial charge in [-0.25, -0.2) is 4.79 Å². The minimum Gasteiger partial charge on any atom is -0.490 e. The van der Waals surface area contributed by atoms with Gasteiger partial charge in [0, 0.05) is 5.69 Å². The minimum atomic E-state index is -0.453. The van der Waals surface area contributed by atoms with Crippen molar-refractivity contribution in [2.45, 2.75) is 0 Å². The van der Waals surface area contributed by atoms with Crippen LogP contribution in [0, 0.1) is 0 Å². The molecule has 0 bridgehead atoms. The third kappa shape index (κ3) is 4.73. The van der Waals surface area contributed by atoms with Crippen LogP contribution in [0.1, 0.15) is 20.9 Å². The average molecular weight is 351 g/mol. The van der Waals surface area contributed by atoms with Crippen molar-refractivity contribution in [3.63, 3.8) is 0 Å². The van der Waals surface area contributed by atoms with E-state index in [0.29, 0.717) is 11.3 Å². The fraction of sp³-hybridized carbons (Fsp3) is 0.100. The molecule has 0 unspecified atom stereocenters. The number of rotatable bonds is 7. The Morgan fingerprint density at radius 1 is 0.885 bits per heavy atom. The minimum absolute atomic E-state index is 0.144. The van der Waals surface area contributed by atoms with Gasteiger partial charge in [0.2, 0.25) is 0 Å². The van der Waals surface area contributed by atoms with Gasteiger partial charge in [-0.3, -0.25) is 4.79 Å². The number of benzene rings is 2. The lowest BCUT2D eigenvalue weighted by atomic mass is 10.2. The number of carbonyl (C=O) groups excluding carboxylic acids is 2. The van der Waals surface area contributed by atoms with Crippen LogP contribution in [-0.2, 0) is 4.74 Å². The largest absolute Gasteiger partial charge is 0.490 e. The van der Waals surface area contributed by atoms with Gasteiger partial charge in [-0.2, -0.15) is 0 Å². The van der Waals surface area contributed by atoms with Crippen molar-refractivity contribution in [1.82, 2.24) is 0 Å². The molecule has 0 fully saturated rings. The Morgan fingerprint density at radius 2 is 1.65 bits per heavy atom. The predicted molar refractivity (Wildman–Crippen MR) is 95.3 cm³/mol. The van der Waals surface area contributed by atoms with E-state index in [-0.39, 0.29) is 24.9 Å². The van der Waals surface area contributed by atoms with Crippen molar-refractivity contribution in [1.29, 1.82) is 0 Å². The third-order valence-electron chi connectivity index (χ3n) is 3.45. The Hall–Kier alpha value is -3.54. The fourth-order valence-electron chi connectivity index (χ4n) is 2.18. The lowest BCUT2D eigenvalue weighted by Crippen LogP contribution is -2.13. The highest BCUT2D eigenvalue weighted by molar-refractivity contribution is 6.02. The molecule has 1 amide bonds. The molecule has 132 valence electrons. The van der Waals surface area contributed by atoms with Gasteiger partial charge in [0.05, 0.1) is 11.8 Å². The summed E-state index contributed by atoms with van der Waals surface area (Å²) < 4.78 is 15.6. The summed E-state index contributed by atoms with van der Waals surface area (Å²) >= 11 is 0. The Labute approximate surface area is 150 Å². The zero-order valence-electron chi connectivity index (χ0n) is 13.9. The van der Waals surface area contributed by atoms with Crippen molar-refractivity contribution in [3.05, 3.63) is 84.3 Å². The topological polar surface area (TPSA) is 77.8 Å². The molecule has 1 heterocycles. The van der Waals surface area contributed by atoms with Crippen molar-refractivity contribution in [3.8, 4) is 5.75 Å². The smallest absolute Gasteiger partial charge is 0.338 e. The van der Waals surface area contributed by atoms with Crippen LogP contribution in [0.2, 0.25) is 0 Å². The summed E-state index contributed by atoms with van der Waals surface area (Å²) in [5.74, 6) is 0.126. The van der Waals surface area contributed by atoms with E-state index in [2.05, 4.69) is 5.32 Å². The van der Waals surface area contributed by atoms with E-state index in [1.165, 1.54) is 6.26 Å². The predicted octanol–water partition coefficient (Wildman–Crippen LogP) is 3.77. The summed E-state index contributed by atoms with van der Waals surface area (Å²) in [6.45, 7) is 0.414. The summed E-state index contributed by atoms with van der Waals surface area (Å²) in [7, 11) is 0. The molecule has 2 aromatic carbocycles. The zero-order valence-corrected chi connectivity index (χ0v) is 13.9. The van der Waals surface area contributed by atoms with E-state index in [0.717, 1.165) is 5.75 Å². The number of esters is 1. The molecule has 0 aliphatic carbocycles. The number of ether oxygens (including phenoxy) is 2. The maximum absolute atomic E-state index is 12.0. The normalized spacial score (nSPS) is 10.2. The summed E-state index contributed by atoms with van der Waals surface area (Å²) in [6.07, 6.45) is 1.43. The van der Waals surface area contributed by atoms with Crippen LogP contribution in [0.4, 0.5) is 5.69 Å². The first kappa shape index (κ1) is 17.3. The summed E-state index contributed by atoms with van der Waals surface area (Å²) in [6, 6.07) is 18.9. The maximum Gasteiger partial charge on any atom is 0.338 e. The molecule has 0 aliphatic rings. The van der Waals surface area contributed by atoms with Crippen LogP contribution < -0.4 is 10.1 Å². The highest BCUT2D eigenvalue weighted by Crippen LogP contribution is 2.13. The van der Waals surface area contributed by atoms with Crippen molar-refractivity contribution in [2.75, 3.05) is 18.5 Å². The average Bonchev–Trinajstić information content (AvgIpc) is 3.21. The van der Waals surface area contributed by atoms with Crippen LogP contribution in [0.3, 0.4) is 0 Å². The molecule has 0 radical (unpaired) electrons. The fourth-order valence-corrected chi connectivity index (χ4v) is 2.18. The molecule has 1 aromatic heterocycles. The maximum atomic E-state index is 12.0. The molecule has 0 atom stereocenters. The van der Waals surface area contributed by atoms with Gasteiger partial charge in [-0.05, 0) is 48.5 Å². The third-order valence-corrected chi connectivity index (χ3v) is 3.45. The molecular formula is C20H17NO5. The van der Waals surface area contributed by atoms with Gasteiger partial charge in [0.1, 0.15) is 19.0 Å². The van der Waals surface area contributed by atoms with Crippen LogP contribution >= 0.6 is 0 Å². The Balaban J connectivity index is 1.45. The summed E-state index contributed by atoms with van der Waals surface area (Å²) in [5.41, 5.74) is 0.941. The molecule has 3 rings (SSSR count). The number of hydrogen-bond acceptors (Lipinski definition) is 5. The van der Waals surface area contributed by atoms with Crippen LogP contribution in [-0.4, -0.2) is 25.1 Å². The summed E-state index contributed by atoms with van der Waals surface area (Å²) in [4.78, 5) is 23.9. The molecule has 0 saturated carbocycles. The van der Waals surface area contributed by atoms with Crippen LogP contribution in [0.15, 0.2) is 77.4 Å². The first-order valence-corrected chi connectivity index (χ1v) is 8.02. The molecular weight excluding hydrogens is 334 g/mol. The van der Waals surface area contributed by atoms with E-state index in [1.807, 2.05) is 30.3 Å². The second kappa shape index (κ2) is 8.53. The number of nitrogens with one attached hydrogen (secondary N) is 1. The number of furan rings is 1. The molecule has 0 aliphatic heterocycles. The number of carbonyl (C=O) groups is 2. The zero-order chi connectivity index (χ0) is 18.2. The number of amides is 1. The molecule has 6 heteroatoms. The second-order valence-electron chi connectivity index (χ2n) is 5.31. The Bertz CT molecular complexity index is 842. The van der Waals surface area contributed by atoms with Gasteiger partial charge in [0.15, 0.2) is 5.76 Å². The SMILES string of the molecule is O=C(OCCOc1ccccc1)c1ccc(NC(=O)c2ccco2)cc1. The van der Waals surface area contributed by atoms with Gasteiger partial charge >= 0.3 is 5.97 Å². The number of para-hydroxylation sites is 1. The van der Waals surface area contributed by atoms with Crippen LogP contribution in [0.25, 0.3) is 0 Å². The second-order valence-corrected chi connectivity index (χ2v) is 5.31. The van der Waals surface area contributed by atoms with Crippen LogP contribution in [0.5, 0.6) is 5.75 Å². The highest BCUT2D eigenvalue weighted by Gasteiger charge is 2.10. The molecule has 26 heavy (non-hydrogen) atoms. The number of hydrogen-bond donors (Lipinski definition) is 1. The standard InChI is InChI=1S/C20H17NO5/c22-19(18-7-4-12-25-18)21-16-10-8-15(9-11-16)20(23)26-14-13-24-17-5-2-1-3-6-17/h1-12H,13-14H2,(H,21,22). The van der Waals surface area contributed by atoms with Crippen molar-refractivity contribution < 1.29 is 23.5 Å². The lowest BCUT2D eigenvalue weighted by Gasteiger charge is -2.08. The van der Waals surface area contributed by atoms with E-state index in [1.54, 1.807) is 36.4 Å². The monoisotopic (exact) mass is 351 g/mol. The first-order valence-electron chi connectivity index (χ1n) is 8.02. The van der Waals surface area contributed by atoms with E-state index in [9.17, 15) is 9.59 Å².